The SMILES string of the molecule is C=C/C=C(/C=C\C)C(=C/C)\OC=O. The van der Waals surface area contributed by atoms with E-state index in [4.69, 9.17) is 4.74 Å². The summed E-state index contributed by atoms with van der Waals surface area (Å²) >= 11 is 0. The molecule has 0 aromatic heterocycles. The second kappa shape index (κ2) is 7.10. The zero-order valence-corrected chi connectivity index (χ0v) is 7.99. The maximum Gasteiger partial charge on any atom is 0.298 e. The van der Waals surface area contributed by atoms with Gasteiger partial charge in [-0.25, -0.2) is 0 Å². The normalized spacial score (nSPS) is 13.1. The molecule has 0 saturated heterocycles. The Morgan fingerprint density at radius 3 is 2.46 bits per heavy atom. The Kier molecular flexibility index (Phi) is 6.24. The average molecular weight is 178 g/mol. The summed E-state index contributed by atoms with van der Waals surface area (Å²) in [6.45, 7) is 7.69. The molecule has 0 bridgehead atoms. The van der Waals surface area contributed by atoms with Crippen molar-refractivity contribution in [1.29, 1.82) is 0 Å². The maximum absolute atomic E-state index is 10.1. The van der Waals surface area contributed by atoms with Gasteiger partial charge < -0.3 is 4.74 Å². The van der Waals surface area contributed by atoms with Crippen molar-refractivity contribution in [2.45, 2.75) is 13.8 Å². The first kappa shape index (κ1) is 11.4. The highest BCUT2D eigenvalue weighted by Gasteiger charge is 1.99. The van der Waals surface area contributed by atoms with Crippen molar-refractivity contribution in [2.75, 3.05) is 0 Å². The van der Waals surface area contributed by atoms with Crippen LogP contribution in [0.5, 0.6) is 0 Å². The monoisotopic (exact) mass is 178 g/mol. The Labute approximate surface area is 78.9 Å². The van der Waals surface area contributed by atoms with Gasteiger partial charge in [0.2, 0.25) is 0 Å². The third-order valence-electron chi connectivity index (χ3n) is 1.37. The smallest absolute Gasteiger partial charge is 0.298 e. The van der Waals surface area contributed by atoms with E-state index in [1.54, 1.807) is 25.2 Å². The van der Waals surface area contributed by atoms with Crippen molar-refractivity contribution < 1.29 is 9.53 Å². The summed E-state index contributed by atoms with van der Waals surface area (Å²) in [5, 5.41) is 0. The Hall–Kier alpha value is -1.57. The minimum Gasteiger partial charge on any atom is -0.428 e. The number of allylic oxidation sites excluding steroid dienone is 5. The molecular formula is C11H14O2. The topological polar surface area (TPSA) is 26.3 Å². The number of carbonyl (C=O) groups excluding carboxylic acids is 1. The molecule has 0 aliphatic carbocycles. The molecule has 0 unspecified atom stereocenters. The summed E-state index contributed by atoms with van der Waals surface area (Å²) in [6, 6.07) is 0. The van der Waals surface area contributed by atoms with E-state index in [0.29, 0.717) is 12.2 Å². The van der Waals surface area contributed by atoms with Gasteiger partial charge in [-0.15, -0.1) is 0 Å². The maximum atomic E-state index is 10.1. The van der Waals surface area contributed by atoms with Gasteiger partial charge in [0.1, 0.15) is 5.76 Å². The lowest BCUT2D eigenvalue weighted by atomic mass is 10.2. The molecule has 0 amide bonds. The van der Waals surface area contributed by atoms with E-state index in [1.807, 2.05) is 19.1 Å². The molecule has 0 rings (SSSR count). The molecule has 70 valence electrons. The molecule has 2 heteroatoms. The van der Waals surface area contributed by atoms with Crippen LogP contribution in [0.15, 0.2) is 48.3 Å². The van der Waals surface area contributed by atoms with Crippen LogP contribution in [0.25, 0.3) is 0 Å². The molecule has 0 fully saturated rings. The first-order valence-corrected chi connectivity index (χ1v) is 4.02. The molecule has 13 heavy (non-hydrogen) atoms. The lowest BCUT2D eigenvalue weighted by molar-refractivity contribution is -0.124. The van der Waals surface area contributed by atoms with E-state index in [-0.39, 0.29) is 0 Å². The van der Waals surface area contributed by atoms with Crippen LogP contribution in [-0.2, 0) is 9.53 Å². The summed E-state index contributed by atoms with van der Waals surface area (Å²) in [5.74, 6) is 0.535. The van der Waals surface area contributed by atoms with E-state index >= 15 is 0 Å². The van der Waals surface area contributed by atoms with E-state index < -0.39 is 0 Å². The first-order valence-electron chi connectivity index (χ1n) is 4.02. The lowest BCUT2D eigenvalue weighted by Crippen LogP contribution is -1.91. The predicted molar refractivity (Wildman–Crippen MR) is 54.0 cm³/mol. The molecule has 0 saturated carbocycles. The largest absolute Gasteiger partial charge is 0.428 e. The van der Waals surface area contributed by atoms with Gasteiger partial charge in [0, 0.05) is 5.57 Å². The van der Waals surface area contributed by atoms with Crippen LogP contribution in [-0.4, -0.2) is 6.47 Å². The third kappa shape index (κ3) is 4.11. The second-order valence-electron chi connectivity index (χ2n) is 2.22. The zero-order chi connectivity index (χ0) is 10.1. The summed E-state index contributed by atoms with van der Waals surface area (Å²) in [7, 11) is 0. The molecule has 0 N–H and O–H groups in total. The number of hydrogen-bond acceptors (Lipinski definition) is 2. The van der Waals surface area contributed by atoms with E-state index in [1.165, 1.54) is 0 Å². The fourth-order valence-corrected chi connectivity index (χ4v) is 0.881. The van der Waals surface area contributed by atoms with Gasteiger partial charge in [0.25, 0.3) is 6.47 Å². The highest BCUT2D eigenvalue weighted by Crippen LogP contribution is 2.12. The average Bonchev–Trinajstić information content (AvgIpc) is 2.14. The predicted octanol–water partition coefficient (Wildman–Crippen LogP) is 2.75. The van der Waals surface area contributed by atoms with Gasteiger partial charge in [0.15, 0.2) is 0 Å². The summed E-state index contributed by atoms with van der Waals surface area (Å²) in [4.78, 5) is 10.1. The van der Waals surface area contributed by atoms with Crippen molar-refractivity contribution in [2.24, 2.45) is 0 Å². The quantitative estimate of drug-likeness (QED) is 0.367. The molecule has 0 heterocycles. The molecule has 0 spiro atoms. The van der Waals surface area contributed by atoms with Crippen LogP contribution in [0.4, 0.5) is 0 Å². The molecule has 0 atom stereocenters. The number of ether oxygens (including phenoxy) is 1. The minimum atomic E-state index is 0.412. The lowest BCUT2D eigenvalue weighted by Gasteiger charge is -2.03. The van der Waals surface area contributed by atoms with Crippen LogP contribution in [0.1, 0.15) is 13.8 Å². The zero-order valence-electron chi connectivity index (χ0n) is 7.99. The third-order valence-corrected chi connectivity index (χ3v) is 1.37. The fraction of sp³-hybridized carbons (Fsp3) is 0.182. The van der Waals surface area contributed by atoms with Crippen LogP contribution >= 0.6 is 0 Å². The summed E-state index contributed by atoms with van der Waals surface area (Å²) < 4.78 is 4.77. The van der Waals surface area contributed by atoms with Crippen molar-refractivity contribution in [3.05, 3.63) is 48.3 Å². The highest BCUT2D eigenvalue weighted by molar-refractivity contribution is 5.47. The van der Waals surface area contributed by atoms with Gasteiger partial charge >= 0.3 is 0 Å². The van der Waals surface area contributed by atoms with Gasteiger partial charge in [-0.2, -0.15) is 0 Å². The highest BCUT2D eigenvalue weighted by atomic mass is 16.5. The van der Waals surface area contributed by atoms with Crippen molar-refractivity contribution >= 4 is 6.47 Å². The molecule has 0 aliphatic rings. The Bertz CT molecular complexity index is 257. The van der Waals surface area contributed by atoms with Gasteiger partial charge in [-0.05, 0) is 19.9 Å². The molecule has 0 radical (unpaired) electrons. The van der Waals surface area contributed by atoms with Crippen LogP contribution in [0, 0.1) is 0 Å². The number of rotatable bonds is 5. The first-order chi connectivity index (χ1) is 6.29. The van der Waals surface area contributed by atoms with Crippen molar-refractivity contribution in [3.8, 4) is 0 Å². The van der Waals surface area contributed by atoms with Gasteiger partial charge in [0.05, 0.1) is 0 Å². The molecule has 0 aromatic carbocycles. The number of hydrogen-bond donors (Lipinski definition) is 0. The minimum absolute atomic E-state index is 0.412. The summed E-state index contributed by atoms with van der Waals surface area (Å²) in [6.07, 6.45) is 8.86. The van der Waals surface area contributed by atoms with Crippen molar-refractivity contribution in [1.82, 2.24) is 0 Å². The standard InChI is InChI=1S/C11H14O2/c1-4-7-10(8-5-2)11(6-3)13-9-12/h4-9H,1H2,2-3H3/b8-5-,10-7-,11-6+. The molecule has 2 nitrogen and oxygen atoms in total. The van der Waals surface area contributed by atoms with Crippen LogP contribution < -0.4 is 0 Å². The Morgan fingerprint density at radius 2 is 2.08 bits per heavy atom. The van der Waals surface area contributed by atoms with Gasteiger partial charge in [-0.3, -0.25) is 4.79 Å². The van der Waals surface area contributed by atoms with Gasteiger partial charge in [-0.1, -0.05) is 30.9 Å². The fourth-order valence-electron chi connectivity index (χ4n) is 0.881. The Morgan fingerprint density at radius 1 is 1.38 bits per heavy atom. The summed E-state index contributed by atoms with van der Waals surface area (Å²) in [5.41, 5.74) is 0.826. The van der Waals surface area contributed by atoms with E-state index in [2.05, 4.69) is 6.58 Å². The molecular weight excluding hydrogens is 164 g/mol. The van der Waals surface area contributed by atoms with E-state index in [9.17, 15) is 4.79 Å². The second-order valence-corrected chi connectivity index (χ2v) is 2.22. The van der Waals surface area contributed by atoms with Crippen LogP contribution in [0.2, 0.25) is 0 Å². The number of carbonyl (C=O) groups is 1. The molecule has 0 aliphatic heterocycles. The van der Waals surface area contributed by atoms with E-state index in [0.717, 1.165) is 5.57 Å². The molecule has 0 aromatic rings. The Balaban J connectivity index is 4.80. The van der Waals surface area contributed by atoms with Crippen LogP contribution in [0.3, 0.4) is 0 Å². The van der Waals surface area contributed by atoms with Crippen molar-refractivity contribution in [3.63, 3.8) is 0 Å².